The number of amides is 3. The van der Waals surface area contributed by atoms with E-state index in [9.17, 15) is 18.8 Å². The minimum Gasteiger partial charge on any atom is -0.493 e. The minimum absolute atomic E-state index is 0.0676. The lowest BCUT2D eigenvalue weighted by Gasteiger charge is -2.13. The number of hydrogen-bond acceptors (Lipinski definition) is 6. The van der Waals surface area contributed by atoms with Crippen LogP contribution in [-0.4, -0.2) is 35.7 Å². The van der Waals surface area contributed by atoms with E-state index in [1.165, 1.54) is 19.2 Å². The number of anilines is 1. The summed E-state index contributed by atoms with van der Waals surface area (Å²) in [5.74, 6) is -0.615. The maximum Gasteiger partial charge on any atom is 0.293 e. The fourth-order valence-corrected chi connectivity index (χ4v) is 4.54. The number of thioether (sulfide) groups is 1. The van der Waals surface area contributed by atoms with Gasteiger partial charge in [0.2, 0.25) is 0 Å². The average molecular weight is 541 g/mol. The lowest BCUT2D eigenvalue weighted by atomic mass is 10.1. The molecule has 0 radical (unpaired) electrons. The summed E-state index contributed by atoms with van der Waals surface area (Å²) in [6.07, 6.45) is 1.56. The van der Waals surface area contributed by atoms with Crippen LogP contribution in [0.5, 0.6) is 11.5 Å². The number of imide groups is 1. The highest BCUT2D eigenvalue weighted by Gasteiger charge is 2.35. The number of aryl methyl sites for hydroxylation is 1. The fourth-order valence-electron chi connectivity index (χ4n) is 3.48. The second kappa shape index (κ2) is 11.5. The topological polar surface area (TPSA) is 84.9 Å². The van der Waals surface area contributed by atoms with E-state index in [1.54, 1.807) is 36.4 Å². The Bertz CT molecular complexity index is 1390. The Hall–Kier alpha value is -3.82. The van der Waals surface area contributed by atoms with E-state index in [2.05, 4.69) is 5.32 Å². The van der Waals surface area contributed by atoms with Crippen molar-refractivity contribution in [3.8, 4) is 11.5 Å². The van der Waals surface area contributed by atoms with Crippen molar-refractivity contribution in [2.24, 2.45) is 0 Å². The molecule has 3 aromatic rings. The number of halogens is 2. The van der Waals surface area contributed by atoms with Crippen LogP contribution in [0.2, 0.25) is 5.02 Å². The molecule has 1 N–H and O–H groups in total. The van der Waals surface area contributed by atoms with E-state index in [0.717, 1.165) is 28.3 Å². The molecule has 1 heterocycles. The van der Waals surface area contributed by atoms with Gasteiger partial charge in [-0.3, -0.25) is 19.3 Å². The van der Waals surface area contributed by atoms with Gasteiger partial charge in [0, 0.05) is 10.7 Å². The van der Waals surface area contributed by atoms with Crippen molar-refractivity contribution >= 4 is 52.2 Å². The summed E-state index contributed by atoms with van der Waals surface area (Å²) >= 11 is 6.84. The molecule has 0 saturated carbocycles. The Labute approximate surface area is 222 Å². The van der Waals surface area contributed by atoms with Crippen LogP contribution in [0.3, 0.4) is 0 Å². The first-order valence-electron chi connectivity index (χ1n) is 11.1. The predicted molar refractivity (Wildman–Crippen MR) is 141 cm³/mol. The first-order chi connectivity index (χ1) is 17.7. The van der Waals surface area contributed by atoms with Crippen molar-refractivity contribution in [2.75, 3.05) is 19.0 Å². The van der Waals surface area contributed by atoms with Crippen molar-refractivity contribution in [3.05, 3.63) is 93.1 Å². The highest BCUT2D eigenvalue weighted by molar-refractivity contribution is 8.18. The molecule has 0 spiro atoms. The third-order valence-electron chi connectivity index (χ3n) is 5.40. The number of hydrogen-bond donors (Lipinski definition) is 1. The number of carbonyl (C=O) groups is 3. The van der Waals surface area contributed by atoms with E-state index in [1.807, 2.05) is 19.1 Å². The van der Waals surface area contributed by atoms with E-state index in [0.29, 0.717) is 28.3 Å². The van der Waals surface area contributed by atoms with Crippen molar-refractivity contribution in [2.45, 2.75) is 13.5 Å². The number of nitrogens with one attached hydrogen (secondary N) is 1. The Morgan fingerprint density at radius 3 is 2.54 bits per heavy atom. The molecular weight excluding hydrogens is 519 g/mol. The fraction of sp³-hybridized carbons (Fsp3) is 0.148. The van der Waals surface area contributed by atoms with Crippen LogP contribution >= 0.6 is 23.4 Å². The van der Waals surface area contributed by atoms with Gasteiger partial charge >= 0.3 is 0 Å². The summed E-state index contributed by atoms with van der Waals surface area (Å²) in [5.41, 5.74) is 2.80. The number of ether oxygens (including phenoxy) is 2. The first kappa shape index (κ1) is 26.2. The molecule has 4 rings (SSSR count). The van der Waals surface area contributed by atoms with Gasteiger partial charge in [0.05, 0.1) is 18.6 Å². The molecule has 37 heavy (non-hydrogen) atoms. The highest BCUT2D eigenvalue weighted by atomic mass is 35.5. The molecule has 3 amide bonds. The van der Waals surface area contributed by atoms with Gasteiger partial charge in [0.25, 0.3) is 17.1 Å². The molecule has 1 aliphatic rings. The molecule has 0 bridgehead atoms. The van der Waals surface area contributed by atoms with Crippen LogP contribution in [0, 0.1) is 12.7 Å². The third kappa shape index (κ3) is 6.49. The Morgan fingerprint density at radius 1 is 1.08 bits per heavy atom. The summed E-state index contributed by atoms with van der Waals surface area (Å²) < 4.78 is 24.3. The van der Waals surface area contributed by atoms with E-state index in [-0.39, 0.29) is 29.0 Å². The lowest BCUT2D eigenvalue weighted by molar-refractivity contribution is -0.123. The smallest absolute Gasteiger partial charge is 0.293 e. The molecule has 1 aliphatic heterocycles. The summed E-state index contributed by atoms with van der Waals surface area (Å²) in [6.45, 7) is 1.66. The molecule has 10 heteroatoms. The van der Waals surface area contributed by atoms with Crippen LogP contribution < -0.4 is 14.8 Å². The van der Waals surface area contributed by atoms with Crippen LogP contribution in [0.1, 0.15) is 16.7 Å². The molecule has 1 saturated heterocycles. The SMILES string of the molecule is COc1cc(/C=C2/SC(=O)N(Cc3ccc(F)cc3Cl)C2=O)ccc1OCC(=O)Nc1ccc(C)cc1. The van der Waals surface area contributed by atoms with Crippen LogP contribution in [0.4, 0.5) is 14.9 Å². The number of benzene rings is 3. The van der Waals surface area contributed by atoms with E-state index < -0.39 is 17.0 Å². The molecule has 0 aromatic heterocycles. The normalized spacial score (nSPS) is 14.3. The number of methoxy groups -OCH3 is 1. The van der Waals surface area contributed by atoms with E-state index in [4.69, 9.17) is 21.1 Å². The Morgan fingerprint density at radius 2 is 1.84 bits per heavy atom. The summed E-state index contributed by atoms with van der Waals surface area (Å²) in [4.78, 5) is 38.9. The predicted octanol–water partition coefficient (Wildman–Crippen LogP) is 6.05. The van der Waals surface area contributed by atoms with Gasteiger partial charge in [-0.1, -0.05) is 41.4 Å². The molecule has 0 atom stereocenters. The molecular formula is C27H22ClFN2O5S. The van der Waals surface area contributed by atoms with Gasteiger partial charge < -0.3 is 14.8 Å². The van der Waals surface area contributed by atoms with Gasteiger partial charge in [-0.2, -0.15) is 0 Å². The second-order valence-corrected chi connectivity index (χ2v) is 9.52. The molecule has 0 aliphatic carbocycles. The first-order valence-corrected chi connectivity index (χ1v) is 12.3. The Balaban J connectivity index is 1.42. The quantitative estimate of drug-likeness (QED) is 0.350. The molecule has 3 aromatic carbocycles. The number of rotatable bonds is 8. The zero-order valence-electron chi connectivity index (χ0n) is 19.9. The van der Waals surface area contributed by atoms with Gasteiger partial charge in [-0.25, -0.2) is 4.39 Å². The van der Waals surface area contributed by atoms with Crippen LogP contribution in [-0.2, 0) is 16.1 Å². The highest BCUT2D eigenvalue weighted by Crippen LogP contribution is 2.36. The van der Waals surface area contributed by atoms with Gasteiger partial charge in [-0.15, -0.1) is 0 Å². The molecule has 190 valence electrons. The van der Waals surface area contributed by atoms with Crippen molar-refractivity contribution in [1.29, 1.82) is 0 Å². The Kier molecular flexibility index (Phi) is 8.15. The van der Waals surface area contributed by atoms with E-state index >= 15 is 0 Å². The molecule has 7 nitrogen and oxygen atoms in total. The van der Waals surface area contributed by atoms with Crippen molar-refractivity contribution < 1.29 is 28.2 Å². The largest absolute Gasteiger partial charge is 0.493 e. The summed E-state index contributed by atoms with van der Waals surface area (Å²) in [7, 11) is 1.46. The lowest BCUT2D eigenvalue weighted by Crippen LogP contribution is -2.27. The van der Waals surface area contributed by atoms with Crippen molar-refractivity contribution in [3.63, 3.8) is 0 Å². The maximum atomic E-state index is 13.3. The molecule has 0 unspecified atom stereocenters. The standard InChI is InChI=1S/C27H22ClFN2O5S/c1-16-3-8-20(9-4-16)30-25(32)15-36-22-10-5-17(11-23(22)35-2)12-24-26(33)31(27(34)37-24)14-18-6-7-19(29)13-21(18)28/h3-13H,14-15H2,1-2H3,(H,30,32)/b24-12+. The summed E-state index contributed by atoms with van der Waals surface area (Å²) in [6, 6.07) is 16.1. The minimum atomic E-state index is -0.504. The van der Waals surface area contributed by atoms with Crippen LogP contribution in [0.25, 0.3) is 6.08 Å². The van der Waals surface area contributed by atoms with Gasteiger partial charge in [-0.05, 0) is 72.3 Å². The number of nitrogens with zero attached hydrogens (tertiary/aromatic N) is 1. The third-order valence-corrected chi connectivity index (χ3v) is 6.66. The summed E-state index contributed by atoms with van der Waals surface area (Å²) in [5, 5.41) is 2.43. The van der Waals surface area contributed by atoms with Crippen molar-refractivity contribution in [1.82, 2.24) is 4.90 Å². The monoisotopic (exact) mass is 540 g/mol. The zero-order valence-corrected chi connectivity index (χ0v) is 21.5. The molecule has 1 fully saturated rings. The second-order valence-electron chi connectivity index (χ2n) is 8.12. The van der Waals surface area contributed by atoms with Gasteiger partial charge in [0.15, 0.2) is 18.1 Å². The average Bonchev–Trinajstić information content (AvgIpc) is 3.13. The number of carbonyl (C=O) groups excluding carboxylic acids is 3. The maximum absolute atomic E-state index is 13.3. The zero-order chi connectivity index (χ0) is 26.5. The van der Waals surface area contributed by atoms with Gasteiger partial charge in [0.1, 0.15) is 5.82 Å². The van der Waals surface area contributed by atoms with Crippen LogP contribution in [0.15, 0.2) is 65.6 Å².